The monoisotopic (exact) mass is 328 g/mol. The molecule has 5 heteroatoms. The van der Waals surface area contributed by atoms with Crippen LogP contribution in [0.15, 0.2) is 53.3 Å². The Balaban J connectivity index is 2.05. The first kappa shape index (κ1) is 17.8. The summed E-state index contributed by atoms with van der Waals surface area (Å²) < 4.78 is 5.00. The molecule has 0 bridgehead atoms. The van der Waals surface area contributed by atoms with E-state index in [1.54, 1.807) is 11.0 Å². The van der Waals surface area contributed by atoms with Crippen molar-refractivity contribution >= 4 is 11.8 Å². The highest BCUT2D eigenvalue weighted by atomic mass is 16.3. The van der Waals surface area contributed by atoms with Crippen molar-refractivity contribution in [1.82, 2.24) is 10.2 Å². The molecule has 0 unspecified atom stereocenters. The molecule has 24 heavy (non-hydrogen) atoms. The molecule has 0 fully saturated rings. The number of hydrogen-bond acceptors (Lipinski definition) is 3. The normalized spacial score (nSPS) is 11.1. The average Bonchev–Trinajstić information content (AvgIpc) is 3.04. The molecule has 1 heterocycles. The second kappa shape index (κ2) is 7.81. The number of hydrogen-bond donors (Lipinski definition) is 1. The van der Waals surface area contributed by atoms with Gasteiger partial charge in [0.25, 0.3) is 5.91 Å². The Morgan fingerprint density at radius 1 is 1.12 bits per heavy atom. The zero-order valence-corrected chi connectivity index (χ0v) is 14.4. The lowest BCUT2D eigenvalue weighted by molar-refractivity contribution is -0.122. The van der Waals surface area contributed by atoms with E-state index in [0.717, 1.165) is 5.56 Å². The molecule has 2 amide bonds. The molecule has 1 aromatic heterocycles. The van der Waals surface area contributed by atoms with Crippen molar-refractivity contribution in [3.05, 3.63) is 60.1 Å². The van der Waals surface area contributed by atoms with Gasteiger partial charge in [0, 0.05) is 25.0 Å². The topological polar surface area (TPSA) is 62.6 Å². The van der Waals surface area contributed by atoms with Crippen molar-refractivity contribution in [3.63, 3.8) is 0 Å². The minimum atomic E-state index is -0.282. The zero-order chi connectivity index (χ0) is 17.6. The first-order valence-corrected chi connectivity index (χ1v) is 8.01. The molecular weight excluding hydrogens is 304 g/mol. The van der Waals surface area contributed by atoms with Gasteiger partial charge in [-0.3, -0.25) is 9.59 Å². The molecule has 0 saturated heterocycles. The number of nitrogens with zero attached hydrogens (tertiary/aromatic N) is 1. The highest BCUT2D eigenvalue weighted by Gasteiger charge is 2.20. The summed E-state index contributed by atoms with van der Waals surface area (Å²) in [6, 6.07) is 11.4. The Morgan fingerprint density at radius 3 is 2.42 bits per heavy atom. The summed E-state index contributed by atoms with van der Waals surface area (Å²) in [6.07, 6.45) is 3.16. The Labute approximate surface area is 142 Å². The van der Waals surface area contributed by atoms with E-state index in [4.69, 9.17) is 4.42 Å². The Kier molecular flexibility index (Phi) is 5.79. The minimum Gasteiger partial charge on any atom is -0.472 e. The zero-order valence-electron chi connectivity index (χ0n) is 14.4. The summed E-state index contributed by atoms with van der Waals surface area (Å²) in [5.74, 6) is -0.211. The van der Waals surface area contributed by atoms with Gasteiger partial charge in [-0.1, -0.05) is 30.3 Å². The van der Waals surface area contributed by atoms with Crippen LogP contribution >= 0.6 is 0 Å². The molecule has 0 saturated carbocycles. The lowest BCUT2D eigenvalue weighted by Crippen LogP contribution is -2.42. The number of benzene rings is 1. The molecule has 1 N–H and O–H groups in total. The summed E-state index contributed by atoms with van der Waals surface area (Å²) in [5.41, 5.74) is 1.23. The van der Waals surface area contributed by atoms with Crippen molar-refractivity contribution in [2.45, 2.75) is 39.3 Å². The minimum absolute atomic E-state index is 0.0689. The standard InChI is InChI=1S/C19H24N2O3/c1-19(2,3)20-17(22)9-11-21(13-15-7-5-4-6-8-15)18(23)16-10-12-24-14-16/h4-8,10,12,14H,9,11,13H2,1-3H3,(H,20,22). The molecule has 5 nitrogen and oxygen atoms in total. The molecule has 0 aliphatic rings. The van der Waals surface area contributed by atoms with Crippen LogP contribution in [0.3, 0.4) is 0 Å². The lowest BCUT2D eigenvalue weighted by Gasteiger charge is -2.24. The third-order valence-electron chi connectivity index (χ3n) is 3.39. The number of carbonyl (C=O) groups is 2. The van der Waals surface area contributed by atoms with Gasteiger partial charge < -0.3 is 14.6 Å². The van der Waals surface area contributed by atoms with E-state index >= 15 is 0 Å². The van der Waals surface area contributed by atoms with E-state index in [0.29, 0.717) is 18.7 Å². The second-order valence-corrected chi connectivity index (χ2v) is 6.77. The van der Waals surface area contributed by atoms with Gasteiger partial charge in [0.05, 0.1) is 11.8 Å². The van der Waals surface area contributed by atoms with Crippen LogP contribution in [0.4, 0.5) is 0 Å². The van der Waals surface area contributed by atoms with Crippen LogP contribution in [0.5, 0.6) is 0 Å². The van der Waals surface area contributed by atoms with Crippen molar-refractivity contribution in [2.24, 2.45) is 0 Å². The highest BCUT2D eigenvalue weighted by molar-refractivity contribution is 5.94. The Bertz CT molecular complexity index is 658. The smallest absolute Gasteiger partial charge is 0.257 e. The second-order valence-electron chi connectivity index (χ2n) is 6.77. The summed E-state index contributed by atoms with van der Waals surface area (Å²) in [5, 5.41) is 2.92. The molecule has 2 aromatic rings. The van der Waals surface area contributed by atoms with E-state index in [2.05, 4.69) is 5.32 Å². The van der Waals surface area contributed by atoms with E-state index < -0.39 is 0 Å². The van der Waals surface area contributed by atoms with Crippen LogP contribution in [0, 0.1) is 0 Å². The number of furan rings is 1. The molecule has 0 atom stereocenters. The van der Waals surface area contributed by atoms with Crippen molar-refractivity contribution in [3.8, 4) is 0 Å². The SMILES string of the molecule is CC(C)(C)NC(=O)CCN(Cc1ccccc1)C(=O)c1ccoc1. The Morgan fingerprint density at radius 2 is 1.83 bits per heavy atom. The van der Waals surface area contributed by atoms with Gasteiger partial charge in [-0.25, -0.2) is 0 Å². The van der Waals surface area contributed by atoms with Crippen LogP contribution in [0.1, 0.15) is 43.1 Å². The van der Waals surface area contributed by atoms with Gasteiger partial charge in [-0.05, 0) is 32.4 Å². The van der Waals surface area contributed by atoms with Crippen molar-refractivity contribution in [1.29, 1.82) is 0 Å². The first-order valence-electron chi connectivity index (χ1n) is 8.01. The lowest BCUT2D eigenvalue weighted by atomic mass is 10.1. The van der Waals surface area contributed by atoms with Gasteiger partial charge in [-0.15, -0.1) is 0 Å². The van der Waals surface area contributed by atoms with Gasteiger partial charge >= 0.3 is 0 Å². The maximum atomic E-state index is 12.6. The maximum absolute atomic E-state index is 12.6. The van der Waals surface area contributed by atoms with E-state index in [9.17, 15) is 9.59 Å². The quantitative estimate of drug-likeness (QED) is 0.885. The van der Waals surface area contributed by atoms with Crippen LogP contribution in [-0.2, 0) is 11.3 Å². The van der Waals surface area contributed by atoms with Gasteiger partial charge in [0.2, 0.25) is 5.91 Å². The third kappa shape index (κ3) is 5.57. The summed E-state index contributed by atoms with van der Waals surface area (Å²) in [6.45, 7) is 6.60. The van der Waals surface area contributed by atoms with Gasteiger partial charge in [-0.2, -0.15) is 0 Å². The predicted molar refractivity (Wildman–Crippen MR) is 92.4 cm³/mol. The fourth-order valence-corrected chi connectivity index (χ4v) is 2.34. The number of amides is 2. The van der Waals surface area contributed by atoms with E-state index in [-0.39, 0.29) is 23.8 Å². The number of nitrogens with one attached hydrogen (secondary N) is 1. The maximum Gasteiger partial charge on any atom is 0.257 e. The number of rotatable bonds is 6. The molecule has 0 spiro atoms. The third-order valence-corrected chi connectivity index (χ3v) is 3.39. The predicted octanol–water partition coefficient (Wildman–Crippen LogP) is 3.23. The molecule has 0 aliphatic heterocycles. The largest absolute Gasteiger partial charge is 0.472 e. The fraction of sp³-hybridized carbons (Fsp3) is 0.368. The van der Waals surface area contributed by atoms with Gasteiger partial charge in [0.1, 0.15) is 6.26 Å². The summed E-state index contributed by atoms with van der Waals surface area (Å²) >= 11 is 0. The molecule has 2 rings (SSSR count). The summed E-state index contributed by atoms with van der Waals surface area (Å²) in [4.78, 5) is 26.4. The number of carbonyl (C=O) groups excluding carboxylic acids is 2. The van der Waals surface area contributed by atoms with Crippen LogP contribution in [-0.4, -0.2) is 28.8 Å². The molecule has 128 valence electrons. The van der Waals surface area contributed by atoms with Crippen LogP contribution in [0.2, 0.25) is 0 Å². The highest BCUT2D eigenvalue weighted by Crippen LogP contribution is 2.11. The van der Waals surface area contributed by atoms with Crippen molar-refractivity contribution in [2.75, 3.05) is 6.54 Å². The van der Waals surface area contributed by atoms with E-state index in [1.165, 1.54) is 12.5 Å². The first-order chi connectivity index (χ1) is 11.3. The summed E-state index contributed by atoms with van der Waals surface area (Å²) in [7, 11) is 0. The van der Waals surface area contributed by atoms with Crippen molar-refractivity contribution < 1.29 is 14.0 Å². The van der Waals surface area contributed by atoms with Crippen LogP contribution in [0.25, 0.3) is 0 Å². The molecular formula is C19H24N2O3. The Hall–Kier alpha value is -2.56. The molecule has 0 radical (unpaired) electrons. The molecule has 0 aliphatic carbocycles. The van der Waals surface area contributed by atoms with Gasteiger partial charge in [0.15, 0.2) is 0 Å². The average molecular weight is 328 g/mol. The van der Waals surface area contributed by atoms with Crippen LogP contribution < -0.4 is 5.32 Å². The molecule has 1 aromatic carbocycles. The fourth-order valence-electron chi connectivity index (χ4n) is 2.34. The van der Waals surface area contributed by atoms with E-state index in [1.807, 2.05) is 51.1 Å².